The zero-order chi connectivity index (χ0) is 19.0. The van der Waals surface area contributed by atoms with Crippen molar-refractivity contribution in [2.75, 3.05) is 33.3 Å². The first-order valence-electron chi connectivity index (χ1n) is 7.43. The van der Waals surface area contributed by atoms with Crippen molar-refractivity contribution in [2.45, 2.75) is 18.9 Å². The molecule has 2 aliphatic rings. The van der Waals surface area contributed by atoms with Crippen molar-refractivity contribution in [1.29, 1.82) is 0 Å². The number of methoxy groups -OCH3 is 1. The van der Waals surface area contributed by atoms with E-state index in [1.807, 2.05) is 0 Å². The van der Waals surface area contributed by atoms with Crippen LogP contribution in [-0.4, -0.2) is 80.7 Å². The van der Waals surface area contributed by atoms with Crippen molar-refractivity contribution in [2.24, 2.45) is 11.7 Å². The molecule has 1 unspecified atom stereocenters. The third-order valence-corrected chi connectivity index (χ3v) is 3.98. The second-order valence-electron chi connectivity index (χ2n) is 5.33. The molecule has 4 N–H and O–H groups in total. The van der Waals surface area contributed by atoms with Gasteiger partial charge in [0.05, 0.1) is 19.1 Å². The molecule has 0 aromatic rings. The Kier molecular flexibility index (Phi) is 8.02. The van der Waals surface area contributed by atoms with E-state index in [4.69, 9.17) is 10.3 Å². The minimum Gasteiger partial charge on any atom is -0.469 e. The minimum atomic E-state index is -4.60. The van der Waals surface area contributed by atoms with E-state index >= 15 is 0 Å². The SMILES string of the molecule is COC(=O)[C@@H](CN)CNC=O.O=C1N2CCCC(C2)N1OS(=O)(=O)O. The lowest BCUT2D eigenvalue weighted by Gasteiger charge is -2.20. The van der Waals surface area contributed by atoms with Crippen LogP contribution in [0.1, 0.15) is 12.8 Å². The zero-order valence-corrected chi connectivity index (χ0v) is 14.5. The van der Waals surface area contributed by atoms with E-state index in [2.05, 4.69) is 14.3 Å². The first kappa shape index (κ1) is 21.1. The Hall–Kier alpha value is -1.96. The molecule has 2 heterocycles. The highest BCUT2D eigenvalue weighted by atomic mass is 32.3. The molecule has 25 heavy (non-hydrogen) atoms. The Labute approximate surface area is 145 Å². The fourth-order valence-corrected chi connectivity index (χ4v) is 2.82. The van der Waals surface area contributed by atoms with Crippen LogP contribution in [0, 0.1) is 5.92 Å². The maximum atomic E-state index is 11.4. The second-order valence-corrected chi connectivity index (χ2v) is 6.34. The summed E-state index contributed by atoms with van der Waals surface area (Å²) in [4.78, 5) is 33.5. The molecule has 0 aliphatic carbocycles. The number of hydrogen-bond acceptors (Lipinski definition) is 8. The number of piperidine rings is 1. The lowest BCUT2D eigenvalue weighted by molar-refractivity contribution is -0.144. The standard InChI is InChI=1S/C6H10N2O5S.C6H12N2O3/c9-6-7-3-1-2-5(4-7)8(6)13-14(10,11)12;1-11-6(10)5(2-7)3-8-4-9/h5H,1-4H2,(H,10,11,12);4-5H,2-3,7H2,1H3,(H,8,9)/t;5-/m.0/s1. The molecular formula is C12H22N4O8S. The monoisotopic (exact) mass is 382 g/mol. The molecule has 2 bridgehead atoms. The van der Waals surface area contributed by atoms with Gasteiger partial charge >= 0.3 is 22.4 Å². The molecule has 0 saturated carbocycles. The highest BCUT2D eigenvalue weighted by molar-refractivity contribution is 7.80. The van der Waals surface area contributed by atoms with Crippen molar-refractivity contribution >= 4 is 28.8 Å². The van der Waals surface area contributed by atoms with Crippen molar-refractivity contribution in [3.8, 4) is 0 Å². The Morgan fingerprint density at radius 2 is 2.24 bits per heavy atom. The number of ether oxygens (including phenoxy) is 1. The van der Waals surface area contributed by atoms with Crippen molar-refractivity contribution in [3.63, 3.8) is 0 Å². The number of nitrogens with one attached hydrogen (secondary N) is 1. The van der Waals surface area contributed by atoms with Crippen LogP contribution < -0.4 is 11.1 Å². The van der Waals surface area contributed by atoms with E-state index in [1.165, 1.54) is 12.0 Å². The number of hydroxylamine groups is 2. The molecule has 13 heteroatoms. The fraction of sp³-hybridized carbons (Fsp3) is 0.750. The van der Waals surface area contributed by atoms with Gasteiger partial charge < -0.3 is 20.7 Å². The summed E-state index contributed by atoms with van der Waals surface area (Å²) in [5, 5.41) is 3.09. The Morgan fingerprint density at radius 3 is 2.72 bits per heavy atom. The largest absolute Gasteiger partial charge is 0.469 e. The van der Waals surface area contributed by atoms with Crippen LogP contribution in [0.2, 0.25) is 0 Å². The lowest BCUT2D eigenvalue weighted by Crippen LogP contribution is -2.35. The molecule has 2 saturated heterocycles. The van der Waals surface area contributed by atoms with Crippen molar-refractivity contribution in [1.82, 2.24) is 15.3 Å². The Balaban J connectivity index is 0.000000260. The molecule has 0 radical (unpaired) electrons. The Bertz CT molecular complexity index is 584. The van der Waals surface area contributed by atoms with E-state index in [-0.39, 0.29) is 19.1 Å². The number of urea groups is 1. The summed E-state index contributed by atoms with van der Waals surface area (Å²) >= 11 is 0. The van der Waals surface area contributed by atoms with Gasteiger partial charge in [-0.3, -0.25) is 14.1 Å². The molecule has 144 valence electrons. The predicted octanol–water partition coefficient (Wildman–Crippen LogP) is -1.90. The summed E-state index contributed by atoms with van der Waals surface area (Å²) in [7, 11) is -3.32. The van der Waals surface area contributed by atoms with Gasteiger partial charge in [0.25, 0.3) is 0 Å². The summed E-state index contributed by atoms with van der Waals surface area (Å²) in [6.45, 7) is 1.48. The molecule has 2 aliphatic heterocycles. The summed E-state index contributed by atoms with van der Waals surface area (Å²) in [6.07, 6.45) is 2.03. The summed E-state index contributed by atoms with van der Waals surface area (Å²) in [5.41, 5.74) is 5.23. The fourth-order valence-electron chi connectivity index (χ4n) is 2.43. The summed E-state index contributed by atoms with van der Waals surface area (Å²) in [5.74, 6) is -0.841. The second kappa shape index (κ2) is 9.50. The lowest BCUT2D eigenvalue weighted by atomic mass is 10.1. The number of rotatable bonds is 7. The van der Waals surface area contributed by atoms with E-state index in [0.717, 1.165) is 11.5 Å². The van der Waals surface area contributed by atoms with E-state index in [1.54, 1.807) is 0 Å². The van der Waals surface area contributed by atoms with Crippen LogP contribution >= 0.6 is 0 Å². The third-order valence-electron chi connectivity index (χ3n) is 3.63. The number of esters is 1. The average Bonchev–Trinajstić information content (AvgIpc) is 2.77. The first-order valence-corrected chi connectivity index (χ1v) is 8.80. The molecular weight excluding hydrogens is 360 g/mol. The van der Waals surface area contributed by atoms with Gasteiger partial charge in [-0.05, 0) is 12.8 Å². The number of nitrogens with two attached hydrogens (primary N) is 1. The van der Waals surface area contributed by atoms with Gasteiger partial charge in [0, 0.05) is 26.2 Å². The van der Waals surface area contributed by atoms with Crippen LogP contribution in [0.25, 0.3) is 0 Å². The number of fused-ring (bicyclic) bond motifs is 2. The van der Waals surface area contributed by atoms with Gasteiger partial charge in [-0.2, -0.15) is 13.5 Å². The number of hydrogen-bond donors (Lipinski definition) is 3. The summed E-state index contributed by atoms with van der Waals surface area (Å²) in [6, 6.07) is -0.761. The highest BCUT2D eigenvalue weighted by Crippen LogP contribution is 2.25. The smallest absolute Gasteiger partial charge is 0.418 e. The molecule has 0 spiro atoms. The molecule has 2 rings (SSSR count). The normalized spacial score (nSPS) is 20.4. The van der Waals surface area contributed by atoms with Crippen molar-refractivity contribution < 1.29 is 36.4 Å². The minimum absolute atomic E-state index is 0.174. The van der Waals surface area contributed by atoms with Crippen molar-refractivity contribution in [3.05, 3.63) is 0 Å². The molecule has 2 fully saturated rings. The van der Waals surface area contributed by atoms with E-state index < -0.39 is 28.3 Å². The van der Waals surface area contributed by atoms with Gasteiger partial charge in [0.1, 0.15) is 0 Å². The quantitative estimate of drug-likeness (QED) is 0.259. The van der Waals surface area contributed by atoms with E-state index in [9.17, 15) is 22.8 Å². The topological polar surface area (TPSA) is 169 Å². The van der Waals surface area contributed by atoms with Crippen LogP contribution in [0.15, 0.2) is 0 Å². The van der Waals surface area contributed by atoms with Crippen LogP contribution in [-0.2, 0) is 29.0 Å². The zero-order valence-electron chi connectivity index (χ0n) is 13.7. The van der Waals surface area contributed by atoms with Gasteiger partial charge in [0.15, 0.2) is 0 Å². The number of amides is 3. The van der Waals surface area contributed by atoms with Crippen LogP contribution in [0.5, 0.6) is 0 Å². The molecule has 2 atom stereocenters. The number of carbonyl (C=O) groups excluding carboxylic acids is 3. The van der Waals surface area contributed by atoms with Gasteiger partial charge in [-0.15, -0.1) is 4.28 Å². The maximum absolute atomic E-state index is 11.4. The highest BCUT2D eigenvalue weighted by Gasteiger charge is 2.42. The van der Waals surface area contributed by atoms with Crippen LogP contribution in [0.4, 0.5) is 4.79 Å². The van der Waals surface area contributed by atoms with E-state index in [0.29, 0.717) is 25.9 Å². The Morgan fingerprint density at radius 1 is 1.56 bits per heavy atom. The van der Waals surface area contributed by atoms with Gasteiger partial charge in [-0.25, -0.2) is 4.79 Å². The van der Waals surface area contributed by atoms with Gasteiger partial charge in [0.2, 0.25) is 6.41 Å². The predicted molar refractivity (Wildman–Crippen MR) is 83.1 cm³/mol. The molecule has 3 amide bonds. The molecule has 12 nitrogen and oxygen atoms in total. The molecule has 0 aromatic heterocycles. The maximum Gasteiger partial charge on any atom is 0.418 e. The average molecular weight is 382 g/mol. The van der Waals surface area contributed by atoms with Gasteiger partial charge in [-0.1, -0.05) is 0 Å². The number of carbonyl (C=O) groups is 3. The summed E-state index contributed by atoms with van der Waals surface area (Å²) < 4.78 is 38.0. The molecule has 0 aromatic carbocycles. The first-order chi connectivity index (χ1) is 11.7. The third kappa shape index (κ3) is 6.45. The number of nitrogens with zero attached hydrogens (tertiary/aromatic N) is 2. The van der Waals surface area contributed by atoms with Crippen LogP contribution in [0.3, 0.4) is 0 Å².